The fourth-order valence-electron chi connectivity index (χ4n) is 5.23. The molecule has 1 N–H and O–H groups in total. The summed E-state index contributed by atoms with van der Waals surface area (Å²) >= 11 is 0. The van der Waals surface area contributed by atoms with E-state index in [0.717, 1.165) is 37.9 Å². The Labute approximate surface area is 158 Å². The third kappa shape index (κ3) is 3.56. The van der Waals surface area contributed by atoms with Crippen molar-refractivity contribution in [3.05, 3.63) is 29.3 Å². The first-order valence-corrected chi connectivity index (χ1v) is 9.73. The number of nitrogens with zero attached hydrogens (tertiary/aromatic N) is 1. The molecule has 1 spiro atoms. The third-order valence-electron chi connectivity index (χ3n) is 6.69. The summed E-state index contributed by atoms with van der Waals surface area (Å²) in [5.74, 6) is 0.734. The van der Waals surface area contributed by atoms with Crippen molar-refractivity contribution >= 4 is 5.91 Å². The fraction of sp³-hybridized carbons (Fsp3) is 0.667. The topological polar surface area (TPSA) is 49.8 Å². The van der Waals surface area contributed by atoms with Crippen LogP contribution in [0.2, 0.25) is 0 Å². The number of aliphatic hydroxyl groups is 1. The summed E-state index contributed by atoms with van der Waals surface area (Å²) in [4.78, 5) is 14.4. The zero-order valence-electron chi connectivity index (χ0n) is 15.9. The van der Waals surface area contributed by atoms with Gasteiger partial charge in [-0.2, -0.15) is 8.78 Å². The maximum absolute atomic E-state index is 12.6. The lowest BCUT2D eigenvalue weighted by molar-refractivity contribution is -0.161. The molecular formula is C21H27F2NO3. The average molecular weight is 379 g/mol. The Hall–Kier alpha value is -1.69. The Kier molecular flexibility index (Phi) is 4.45. The zero-order chi connectivity index (χ0) is 19.4. The minimum absolute atomic E-state index is 0.0271. The monoisotopic (exact) mass is 379 g/mol. The zero-order valence-corrected chi connectivity index (χ0v) is 15.9. The molecular weight excluding hydrogens is 352 g/mol. The molecule has 0 radical (unpaired) electrons. The molecule has 2 saturated carbocycles. The molecule has 0 bridgehead atoms. The van der Waals surface area contributed by atoms with Gasteiger partial charge >= 0.3 is 6.61 Å². The Morgan fingerprint density at radius 1 is 1.30 bits per heavy atom. The summed E-state index contributed by atoms with van der Waals surface area (Å²) in [7, 11) is 0. The highest BCUT2D eigenvalue weighted by Gasteiger charge is 2.53. The van der Waals surface area contributed by atoms with Crippen LogP contribution in [0.3, 0.4) is 0 Å². The Balaban J connectivity index is 1.35. The molecule has 4 nitrogen and oxygen atoms in total. The standard InChI is InChI=1S/C21H27F2NO3/c1-13-3-4-14(7-17(13)27-19(22)23)15-5-6-21(10-15)11-24(12-21)18(25)16-8-20(2,26)9-16/h3-4,7,15-16,19,26H,5-6,8-12H2,1-2H3/t15?,16-,20+. The largest absolute Gasteiger partial charge is 0.435 e. The highest BCUT2D eigenvalue weighted by molar-refractivity contribution is 5.81. The molecule has 1 aromatic carbocycles. The predicted molar refractivity (Wildman–Crippen MR) is 96.8 cm³/mol. The highest BCUT2D eigenvalue weighted by atomic mass is 19.3. The number of halogens is 2. The van der Waals surface area contributed by atoms with E-state index in [0.29, 0.717) is 24.3 Å². The van der Waals surface area contributed by atoms with Crippen molar-refractivity contribution in [2.45, 2.75) is 64.1 Å². The molecule has 27 heavy (non-hydrogen) atoms. The lowest BCUT2D eigenvalue weighted by Crippen LogP contribution is -2.61. The van der Waals surface area contributed by atoms with E-state index in [1.165, 1.54) is 0 Å². The van der Waals surface area contributed by atoms with Crippen LogP contribution in [0.4, 0.5) is 8.78 Å². The first kappa shape index (κ1) is 18.7. The number of amides is 1. The molecule has 2 aliphatic carbocycles. The summed E-state index contributed by atoms with van der Waals surface area (Å²) in [6.45, 7) is 2.31. The Morgan fingerprint density at radius 2 is 2.00 bits per heavy atom. The number of likely N-dealkylation sites (tertiary alicyclic amines) is 1. The SMILES string of the molecule is Cc1ccc(C2CCC3(C2)CN(C(=O)[C@H]2C[C@@](C)(O)C2)C3)cc1OC(F)F. The van der Waals surface area contributed by atoms with Gasteiger partial charge in [0, 0.05) is 24.4 Å². The second-order valence-electron chi connectivity index (χ2n) is 9.14. The van der Waals surface area contributed by atoms with Gasteiger partial charge in [-0.25, -0.2) is 0 Å². The van der Waals surface area contributed by atoms with Crippen LogP contribution in [-0.2, 0) is 4.79 Å². The average Bonchev–Trinajstić information content (AvgIpc) is 2.98. The first-order chi connectivity index (χ1) is 12.7. The highest BCUT2D eigenvalue weighted by Crippen LogP contribution is 2.53. The number of hydrogen-bond donors (Lipinski definition) is 1. The molecule has 1 saturated heterocycles. The van der Waals surface area contributed by atoms with Gasteiger partial charge in [-0.15, -0.1) is 0 Å². The van der Waals surface area contributed by atoms with Gasteiger partial charge in [0.05, 0.1) is 5.60 Å². The molecule has 1 amide bonds. The van der Waals surface area contributed by atoms with Gasteiger partial charge < -0.3 is 14.7 Å². The van der Waals surface area contributed by atoms with Crippen LogP contribution in [0.25, 0.3) is 0 Å². The third-order valence-corrected chi connectivity index (χ3v) is 6.69. The van der Waals surface area contributed by atoms with Crippen LogP contribution in [0, 0.1) is 18.3 Å². The molecule has 4 rings (SSSR count). The van der Waals surface area contributed by atoms with Gasteiger partial charge in [-0.1, -0.05) is 12.1 Å². The van der Waals surface area contributed by atoms with E-state index in [9.17, 15) is 18.7 Å². The number of aryl methyl sites for hydroxylation is 1. The van der Waals surface area contributed by atoms with E-state index in [2.05, 4.69) is 4.74 Å². The van der Waals surface area contributed by atoms with Crippen molar-refractivity contribution in [2.75, 3.05) is 13.1 Å². The van der Waals surface area contributed by atoms with Crippen molar-refractivity contribution in [1.29, 1.82) is 0 Å². The van der Waals surface area contributed by atoms with Crippen molar-refractivity contribution in [1.82, 2.24) is 4.90 Å². The van der Waals surface area contributed by atoms with E-state index in [4.69, 9.17) is 0 Å². The van der Waals surface area contributed by atoms with Crippen molar-refractivity contribution in [2.24, 2.45) is 11.3 Å². The Bertz CT molecular complexity index is 735. The second-order valence-corrected chi connectivity index (χ2v) is 9.14. The molecule has 148 valence electrons. The number of carbonyl (C=O) groups excluding carboxylic acids is 1. The van der Waals surface area contributed by atoms with Gasteiger partial charge in [0.2, 0.25) is 5.91 Å². The molecule has 1 heterocycles. The lowest BCUT2D eigenvalue weighted by atomic mass is 9.69. The molecule has 3 fully saturated rings. The molecule has 1 unspecified atom stereocenters. The number of hydrogen-bond acceptors (Lipinski definition) is 3. The molecule has 1 aliphatic heterocycles. The van der Waals surface area contributed by atoms with Gasteiger partial charge in [-0.3, -0.25) is 4.79 Å². The summed E-state index contributed by atoms with van der Waals surface area (Å²) in [6, 6.07) is 5.61. The van der Waals surface area contributed by atoms with Gasteiger partial charge in [0.15, 0.2) is 0 Å². The van der Waals surface area contributed by atoms with E-state index < -0.39 is 12.2 Å². The van der Waals surface area contributed by atoms with Crippen molar-refractivity contribution in [3.8, 4) is 5.75 Å². The number of ether oxygens (including phenoxy) is 1. The van der Waals surface area contributed by atoms with Crippen LogP contribution < -0.4 is 4.74 Å². The summed E-state index contributed by atoms with van der Waals surface area (Å²) in [5.41, 5.74) is 1.25. The summed E-state index contributed by atoms with van der Waals surface area (Å²) < 4.78 is 29.8. The molecule has 3 aliphatic rings. The fourth-order valence-corrected chi connectivity index (χ4v) is 5.23. The molecule has 1 atom stereocenters. The summed E-state index contributed by atoms with van der Waals surface area (Å²) in [5, 5.41) is 9.84. The molecule has 0 aromatic heterocycles. The quantitative estimate of drug-likeness (QED) is 0.864. The maximum atomic E-state index is 12.6. The van der Waals surface area contributed by atoms with E-state index in [-0.39, 0.29) is 23.0 Å². The first-order valence-electron chi connectivity index (χ1n) is 9.73. The lowest BCUT2D eigenvalue weighted by Gasteiger charge is -2.52. The van der Waals surface area contributed by atoms with E-state index in [1.54, 1.807) is 19.9 Å². The van der Waals surface area contributed by atoms with Gasteiger partial charge in [0.1, 0.15) is 5.75 Å². The predicted octanol–water partition coefficient (Wildman–Crippen LogP) is 3.85. The number of rotatable bonds is 4. The second kappa shape index (κ2) is 6.43. The van der Waals surface area contributed by atoms with E-state index >= 15 is 0 Å². The molecule has 1 aromatic rings. The summed E-state index contributed by atoms with van der Waals surface area (Å²) in [6.07, 6.45) is 4.18. The molecule has 6 heteroatoms. The van der Waals surface area contributed by atoms with Crippen LogP contribution in [0.1, 0.15) is 56.1 Å². The van der Waals surface area contributed by atoms with Gasteiger partial charge in [-0.05, 0) is 69.1 Å². The van der Waals surface area contributed by atoms with Crippen molar-refractivity contribution < 1.29 is 23.4 Å². The van der Waals surface area contributed by atoms with Crippen LogP contribution in [-0.4, -0.2) is 41.2 Å². The van der Waals surface area contributed by atoms with Crippen LogP contribution >= 0.6 is 0 Å². The minimum atomic E-state index is -2.81. The van der Waals surface area contributed by atoms with E-state index in [1.807, 2.05) is 17.0 Å². The van der Waals surface area contributed by atoms with Crippen molar-refractivity contribution in [3.63, 3.8) is 0 Å². The van der Waals surface area contributed by atoms with Crippen LogP contribution in [0.15, 0.2) is 18.2 Å². The number of carbonyl (C=O) groups is 1. The number of benzene rings is 1. The maximum Gasteiger partial charge on any atom is 0.387 e. The smallest absolute Gasteiger partial charge is 0.387 e. The van der Waals surface area contributed by atoms with Crippen LogP contribution in [0.5, 0.6) is 5.75 Å². The minimum Gasteiger partial charge on any atom is -0.435 e. The normalized spacial score (nSPS) is 31.7. The Morgan fingerprint density at radius 3 is 2.63 bits per heavy atom. The number of alkyl halides is 2. The van der Waals surface area contributed by atoms with Gasteiger partial charge in [0.25, 0.3) is 0 Å².